The monoisotopic (exact) mass is 240 g/mol. The zero-order valence-electron chi connectivity index (χ0n) is 10.7. The number of ether oxygens (including phenoxy) is 1. The van der Waals surface area contributed by atoms with Gasteiger partial charge in [-0.25, -0.2) is 0 Å². The topological polar surface area (TPSA) is 55.6 Å². The van der Waals surface area contributed by atoms with Gasteiger partial charge in [-0.2, -0.15) is 0 Å². The minimum Gasteiger partial charge on any atom is -0.469 e. The largest absolute Gasteiger partial charge is 0.469 e. The minimum absolute atomic E-state index is 0.0347. The van der Waals surface area contributed by atoms with Gasteiger partial charge in [-0.1, -0.05) is 0 Å². The number of piperidine rings is 1. The van der Waals surface area contributed by atoms with E-state index in [0.717, 1.165) is 31.8 Å². The van der Waals surface area contributed by atoms with Gasteiger partial charge < -0.3 is 15.4 Å². The van der Waals surface area contributed by atoms with E-state index in [4.69, 9.17) is 10.5 Å². The molecule has 17 heavy (non-hydrogen) atoms. The normalized spacial score (nSPS) is 31.6. The quantitative estimate of drug-likeness (QED) is 0.748. The van der Waals surface area contributed by atoms with E-state index in [9.17, 15) is 4.79 Å². The molecule has 2 fully saturated rings. The van der Waals surface area contributed by atoms with Gasteiger partial charge in [0.1, 0.15) is 0 Å². The summed E-state index contributed by atoms with van der Waals surface area (Å²) in [5, 5.41) is 0. The third-order valence-electron chi connectivity index (χ3n) is 4.22. The summed E-state index contributed by atoms with van der Waals surface area (Å²) in [6.07, 6.45) is 5.54. The average Bonchev–Trinajstić information content (AvgIpc) is 2.75. The summed E-state index contributed by atoms with van der Waals surface area (Å²) in [6.45, 7) is 3.23. The predicted octanol–water partition coefficient (Wildman–Crippen LogP) is 0.999. The maximum atomic E-state index is 11.4. The fraction of sp³-hybridized carbons (Fsp3) is 0.923. The van der Waals surface area contributed by atoms with Crippen molar-refractivity contribution in [3.05, 3.63) is 0 Å². The van der Waals surface area contributed by atoms with E-state index in [2.05, 4.69) is 4.90 Å². The second-order valence-corrected chi connectivity index (χ2v) is 5.54. The lowest BCUT2D eigenvalue weighted by atomic mass is 9.96. The van der Waals surface area contributed by atoms with Gasteiger partial charge in [0.25, 0.3) is 0 Å². The van der Waals surface area contributed by atoms with Crippen molar-refractivity contribution in [2.45, 2.75) is 38.1 Å². The molecule has 1 aliphatic heterocycles. The van der Waals surface area contributed by atoms with Gasteiger partial charge in [0.15, 0.2) is 0 Å². The molecule has 0 aromatic rings. The minimum atomic E-state index is -0.0347. The van der Waals surface area contributed by atoms with Crippen LogP contribution in [0.15, 0.2) is 0 Å². The summed E-state index contributed by atoms with van der Waals surface area (Å²) in [7, 11) is 1.48. The van der Waals surface area contributed by atoms with Crippen molar-refractivity contribution in [2.24, 2.45) is 17.6 Å². The first kappa shape index (κ1) is 12.8. The summed E-state index contributed by atoms with van der Waals surface area (Å²) in [4.78, 5) is 13.9. The first-order valence-electron chi connectivity index (χ1n) is 6.74. The Bertz CT molecular complexity index is 262. The molecule has 4 heteroatoms. The molecule has 0 aromatic carbocycles. The number of hydrogen-bond donors (Lipinski definition) is 1. The number of methoxy groups -OCH3 is 1. The highest BCUT2D eigenvalue weighted by Gasteiger charge is 2.28. The molecule has 4 nitrogen and oxygen atoms in total. The molecule has 1 saturated carbocycles. The van der Waals surface area contributed by atoms with Crippen LogP contribution >= 0.6 is 0 Å². The van der Waals surface area contributed by atoms with E-state index in [-0.39, 0.29) is 11.9 Å². The predicted molar refractivity (Wildman–Crippen MR) is 66.5 cm³/mol. The molecular weight excluding hydrogens is 216 g/mol. The molecule has 2 atom stereocenters. The third-order valence-corrected chi connectivity index (χ3v) is 4.22. The fourth-order valence-electron chi connectivity index (χ4n) is 3.16. The number of esters is 1. The molecule has 0 radical (unpaired) electrons. The number of nitrogens with zero attached hydrogens (tertiary/aromatic N) is 1. The molecule has 1 heterocycles. The van der Waals surface area contributed by atoms with Crippen molar-refractivity contribution >= 4 is 5.97 Å². The van der Waals surface area contributed by atoms with Crippen LogP contribution in [0.2, 0.25) is 0 Å². The first-order chi connectivity index (χ1) is 8.19. The Kier molecular flexibility index (Phi) is 4.40. The molecule has 0 aromatic heterocycles. The van der Waals surface area contributed by atoms with Crippen LogP contribution in [0.3, 0.4) is 0 Å². The molecule has 0 amide bonds. The Morgan fingerprint density at radius 1 is 1.29 bits per heavy atom. The molecule has 2 unspecified atom stereocenters. The molecule has 0 bridgehead atoms. The second kappa shape index (κ2) is 5.83. The van der Waals surface area contributed by atoms with Crippen LogP contribution < -0.4 is 5.73 Å². The van der Waals surface area contributed by atoms with Gasteiger partial charge in [0, 0.05) is 12.6 Å². The van der Waals surface area contributed by atoms with Crippen molar-refractivity contribution in [1.82, 2.24) is 4.90 Å². The number of likely N-dealkylation sites (tertiary alicyclic amines) is 1. The van der Waals surface area contributed by atoms with Crippen molar-refractivity contribution in [3.63, 3.8) is 0 Å². The van der Waals surface area contributed by atoms with Gasteiger partial charge in [0.2, 0.25) is 0 Å². The van der Waals surface area contributed by atoms with Crippen molar-refractivity contribution in [1.29, 1.82) is 0 Å². The molecule has 0 spiro atoms. The van der Waals surface area contributed by atoms with E-state index in [1.165, 1.54) is 32.9 Å². The molecule has 98 valence electrons. The number of rotatable bonds is 3. The van der Waals surface area contributed by atoms with Crippen LogP contribution in [0, 0.1) is 11.8 Å². The highest BCUT2D eigenvalue weighted by molar-refractivity contribution is 5.72. The Labute approximate surface area is 103 Å². The van der Waals surface area contributed by atoms with E-state index in [1.807, 2.05) is 0 Å². The fourth-order valence-corrected chi connectivity index (χ4v) is 3.16. The summed E-state index contributed by atoms with van der Waals surface area (Å²) in [5.74, 6) is 0.870. The zero-order chi connectivity index (χ0) is 12.3. The standard InChI is InChI=1S/C13H24N2O2/c1-17-13(16)11-4-6-15(7-5-11)9-10-2-3-12(14)8-10/h10-12H,2-9,14H2,1H3. The van der Waals surface area contributed by atoms with E-state index in [1.54, 1.807) is 0 Å². The lowest BCUT2D eigenvalue weighted by Gasteiger charge is -2.32. The lowest BCUT2D eigenvalue weighted by Crippen LogP contribution is -2.39. The van der Waals surface area contributed by atoms with Gasteiger partial charge >= 0.3 is 5.97 Å². The maximum Gasteiger partial charge on any atom is 0.308 e. The third kappa shape index (κ3) is 3.42. The van der Waals surface area contributed by atoms with Crippen molar-refractivity contribution in [2.75, 3.05) is 26.7 Å². The second-order valence-electron chi connectivity index (χ2n) is 5.54. The summed E-state index contributed by atoms with van der Waals surface area (Å²) >= 11 is 0. The van der Waals surface area contributed by atoms with E-state index in [0.29, 0.717) is 6.04 Å². The Hall–Kier alpha value is -0.610. The highest BCUT2D eigenvalue weighted by atomic mass is 16.5. The van der Waals surface area contributed by atoms with Crippen LogP contribution in [0.25, 0.3) is 0 Å². The highest BCUT2D eigenvalue weighted by Crippen LogP contribution is 2.27. The van der Waals surface area contributed by atoms with Crippen molar-refractivity contribution < 1.29 is 9.53 Å². The van der Waals surface area contributed by atoms with Gasteiger partial charge in [-0.3, -0.25) is 4.79 Å². The Morgan fingerprint density at radius 2 is 2.00 bits per heavy atom. The number of nitrogens with two attached hydrogens (primary N) is 1. The number of carbonyl (C=O) groups is 1. The van der Waals surface area contributed by atoms with E-state index < -0.39 is 0 Å². The lowest BCUT2D eigenvalue weighted by molar-refractivity contribution is -0.147. The van der Waals surface area contributed by atoms with Gasteiger partial charge in [-0.15, -0.1) is 0 Å². The summed E-state index contributed by atoms with van der Waals surface area (Å²) < 4.78 is 4.80. The van der Waals surface area contributed by atoms with Crippen molar-refractivity contribution in [3.8, 4) is 0 Å². The Morgan fingerprint density at radius 3 is 2.53 bits per heavy atom. The van der Waals surface area contributed by atoms with E-state index >= 15 is 0 Å². The summed E-state index contributed by atoms with van der Waals surface area (Å²) in [6, 6.07) is 0.424. The molecule has 2 N–H and O–H groups in total. The molecule has 2 aliphatic rings. The van der Waals surface area contributed by atoms with Gasteiger partial charge in [0.05, 0.1) is 13.0 Å². The average molecular weight is 240 g/mol. The molecular formula is C13H24N2O2. The molecule has 2 rings (SSSR count). The maximum absolute atomic E-state index is 11.4. The smallest absolute Gasteiger partial charge is 0.308 e. The van der Waals surface area contributed by atoms with Crippen LogP contribution in [-0.4, -0.2) is 43.7 Å². The SMILES string of the molecule is COC(=O)C1CCN(CC2CCC(N)C2)CC1. The Balaban J connectivity index is 1.70. The first-order valence-corrected chi connectivity index (χ1v) is 6.74. The zero-order valence-corrected chi connectivity index (χ0v) is 10.7. The number of carbonyl (C=O) groups excluding carboxylic acids is 1. The molecule has 1 aliphatic carbocycles. The number of hydrogen-bond acceptors (Lipinski definition) is 4. The van der Waals surface area contributed by atoms with Crippen LogP contribution in [0.1, 0.15) is 32.1 Å². The van der Waals surface area contributed by atoms with Gasteiger partial charge in [-0.05, 0) is 51.1 Å². The van der Waals surface area contributed by atoms with Crippen LogP contribution in [0.4, 0.5) is 0 Å². The van der Waals surface area contributed by atoms with Crippen LogP contribution in [0.5, 0.6) is 0 Å². The van der Waals surface area contributed by atoms with Crippen LogP contribution in [-0.2, 0) is 9.53 Å². The summed E-state index contributed by atoms with van der Waals surface area (Å²) in [5.41, 5.74) is 5.93. The molecule has 1 saturated heterocycles.